The second-order valence-corrected chi connectivity index (χ2v) is 9.05. The second kappa shape index (κ2) is 11.1. The summed E-state index contributed by atoms with van der Waals surface area (Å²) in [6.07, 6.45) is 0.453. The molecular weight excluding hydrogens is 520 g/mol. The average molecular weight is 541 g/mol. The maximum atomic E-state index is 12.3. The Hall–Kier alpha value is -3.44. The topological polar surface area (TPSA) is 111 Å². The Morgan fingerprint density at radius 2 is 1.79 bits per heavy atom. The van der Waals surface area contributed by atoms with E-state index in [1.807, 2.05) is 24.3 Å². The Balaban J connectivity index is 1.32. The summed E-state index contributed by atoms with van der Waals surface area (Å²) in [5.41, 5.74) is 1.88. The number of thioether (sulfide) groups is 1. The lowest BCUT2D eigenvalue weighted by Crippen LogP contribution is -2.26. The maximum Gasteiger partial charge on any atom is 0.251 e. The van der Waals surface area contributed by atoms with Gasteiger partial charge in [-0.1, -0.05) is 27.7 Å². The van der Waals surface area contributed by atoms with Crippen molar-refractivity contribution < 1.29 is 14.3 Å². The highest BCUT2D eigenvalue weighted by molar-refractivity contribution is 9.10. The first-order valence-electron chi connectivity index (χ1n) is 10.3. The van der Waals surface area contributed by atoms with Crippen molar-refractivity contribution in [3.05, 3.63) is 76.5 Å². The van der Waals surface area contributed by atoms with Crippen LogP contribution in [-0.2, 0) is 11.2 Å². The van der Waals surface area contributed by atoms with Crippen LogP contribution in [-0.4, -0.2) is 51.0 Å². The molecule has 0 spiro atoms. The molecule has 2 aromatic heterocycles. The molecule has 0 aliphatic rings. The molecule has 2 aromatic carbocycles. The minimum absolute atomic E-state index is 0.126. The number of hydrogen-bond acceptors (Lipinski definition) is 7. The number of carbonyl (C=O) groups excluding carboxylic acids is 2. The predicted molar refractivity (Wildman–Crippen MR) is 133 cm³/mol. The number of nitrogens with zero attached hydrogens (tertiary/aromatic N) is 4. The Morgan fingerprint density at radius 3 is 2.53 bits per heavy atom. The predicted octanol–water partition coefficient (Wildman–Crippen LogP) is 3.60. The third kappa shape index (κ3) is 6.12. The lowest BCUT2D eigenvalue weighted by atomic mass is 10.2. The first-order chi connectivity index (χ1) is 16.5. The number of ether oxygens (including phenoxy) is 1. The van der Waals surface area contributed by atoms with Crippen LogP contribution < -0.4 is 15.4 Å². The van der Waals surface area contributed by atoms with Crippen LogP contribution in [0.25, 0.3) is 5.65 Å². The minimum Gasteiger partial charge on any atom is -0.497 e. The van der Waals surface area contributed by atoms with Gasteiger partial charge in [0.15, 0.2) is 11.5 Å². The molecular formula is C23H21BrN6O3S. The summed E-state index contributed by atoms with van der Waals surface area (Å²) in [4.78, 5) is 24.6. The van der Waals surface area contributed by atoms with Crippen LogP contribution in [0.1, 0.15) is 16.2 Å². The van der Waals surface area contributed by atoms with Gasteiger partial charge in [0, 0.05) is 28.7 Å². The molecule has 2 amide bonds. The molecule has 2 heterocycles. The summed E-state index contributed by atoms with van der Waals surface area (Å²) in [5, 5.41) is 19.2. The molecule has 0 bridgehead atoms. The number of fused-ring (bicyclic) bond motifs is 1. The molecule has 0 fully saturated rings. The van der Waals surface area contributed by atoms with E-state index in [2.05, 4.69) is 41.9 Å². The zero-order chi connectivity index (χ0) is 23.9. The van der Waals surface area contributed by atoms with Gasteiger partial charge >= 0.3 is 0 Å². The zero-order valence-corrected chi connectivity index (χ0v) is 20.6. The smallest absolute Gasteiger partial charge is 0.251 e. The number of methoxy groups -OCH3 is 1. The van der Waals surface area contributed by atoms with Gasteiger partial charge in [0.25, 0.3) is 5.91 Å². The van der Waals surface area contributed by atoms with E-state index in [0.717, 1.165) is 10.2 Å². The van der Waals surface area contributed by atoms with Gasteiger partial charge in [-0.2, -0.15) is 9.61 Å². The summed E-state index contributed by atoms with van der Waals surface area (Å²) in [6, 6.07) is 17.9. The van der Waals surface area contributed by atoms with Crippen molar-refractivity contribution in [2.24, 2.45) is 0 Å². The van der Waals surface area contributed by atoms with Crippen molar-refractivity contribution in [3.63, 3.8) is 0 Å². The van der Waals surface area contributed by atoms with Crippen LogP contribution in [0, 0.1) is 0 Å². The van der Waals surface area contributed by atoms with Crippen molar-refractivity contribution in [2.75, 3.05) is 24.7 Å². The minimum atomic E-state index is -0.183. The molecule has 9 nitrogen and oxygen atoms in total. The van der Waals surface area contributed by atoms with Gasteiger partial charge in [-0.3, -0.25) is 9.59 Å². The van der Waals surface area contributed by atoms with Crippen LogP contribution in [0.4, 0.5) is 5.69 Å². The summed E-state index contributed by atoms with van der Waals surface area (Å²) < 4.78 is 7.69. The van der Waals surface area contributed by atoms with Gasteiger partial charge < -0.3 is 15.4 Å². The van der Waals surface area contributed by atoms with E-state index < -0.39 is 0 Å². The molecule has 0 radical (unpaired) electrons. The standard InChI is InChI=1S/C23H21BrN6O3S/c1-33-18-8-2-15(3-9-18)23(32)25-13-12-20-28-27-19-10-11-22(29-30(19)20)34-14-21(31)26-17-6-4-16(24)5-7-17/h2-11H,12-14H2,1H3,(H,25,32)(H,26,31). The van der Waals surface area contributed by atoms with Gasteiger partial charge in [0.05, 0.1) is 12.9 Å². The molecule has 174 valence electrons. The second-order valence-electron chi connectivity index (χ2n) is 7.14. The fraction of sp³-hybridized carbons (Fsp3) is 0.174. The van der Waals surface area contributed by atoms with Crippen molar-refractivity contribution in [3.8, 4) is 5.75 Å². The van der Waals surface area contributed by atoms with Crippen LogP contribution in [0.2, 0.25) is 0 Å². The third-order valence-electron chi connectivity index (χ3n) is 4.77. The fourth-order valence-corrected chi connectivity index (χ4v) is 3.97. The first kappa shape index (κ1) is 23.7. The number of hydrogen-bond donors (Lipinski definition) is 2. The highest BCUT2D eigenvalue weighted by atomic mass is 79.9. The Bertz CT molecular complexity index is 1290. The van der Waals surface area contributed by atoms with Crippen LogP contribution >= 0.6 is 27.7 Å². The number of halogens is 1. The lowest BCUT2D eigenvalue weighted by molar-refractivity contribution is -0.113. The van der Waals surface area contributed by atoms with Gasteiger partial charge in [-0.15, -0.1) is 10.2 Å². The van der Waals surface area contributed by atoms with E-state index in [1.54, 1.807) is 48.0 Å². The lowest BCUT2D eigenvalue weighted by Gasteiger charge is -2.06. The molecule has 0 unspecified atom stereocenters. The van der Waals surface area contributed by atoms with Gasteiger partial charge in [0.2, 0.25) is 5.91 Å². The van der Waals surface area contributed by atoms with E-state index in [1.165, 1.54) is 11.8 Å². The van der Waals surface area contributed by atoms with Gasteiger partial charge in [-0.25, -0.2) is 0 Å². The summed E-state index contributed by atoms with van der Waals surface area (Å²) in [5.74, 6) is 1.21. The largest absolute Gasteiger partial charge is 0.497 e. The van der Waals surface area contributed by atoms with E-state index in [-0.39, 0.29) is 17.6 Å². The fourth-order valence-electron chi connectivity index (χ4n) is 3.05. The number of anilines is 1. The van der Waals surface area contributed by atoms with E-state index in [9.17, 15) is 9.59 Å². The van der Waals surface area contributed by atoms with Crippen molar-refractivity contribution in [1.82, 2.24) is 25.1 Å². The van der Waals surface area contributed by atoms with Gasteiger partial charge in [0.1, 0.15) is 10.8 Å². The number of rotatable bonds is 9. The number of amides is 2. The van der Waals surface area contributed by atoms with Crippen molar-refractivity contribution >= 4 is 50.8 Å². The van der Waals surface area contributed by atoms with Crippen LogP contribution in [0.15, 0.2) is 70.2 Å². The number of aromatic nitrogens is 4. The molecule has 0 atom stereocenters. The number of benzene rings is 2. The average Bonchev–Trinajstić information content (AvgIpc) is 3.26. The van der Waals surface area contributed by atoms with Crippen LogP contribution in [0.3, 0.4) is 0 Å². The molecule has 11 heteroatoms. The molecule has 0 aliphatic heterocycles. The Morgan fingerprint density at radius 1 is 1.03 bits per heavy atom. The van der Waals surface area contributed by atoms with Crippen molar-refractivity contribution in [1.29, 1.82) is 0 Å². The zero-order valence-electron chi connectivity index (χ0n) is 18.2. The molecule has 0 saturated heterocycles. The first-order valence-corrected chi connectivity index (χ1v) is 12.1. The van der Waals surface area contributed by atoms with Crippen molar-refractivity contribution in [2.45, 2.75) is 11.4 Å². The quantitative estimate of drug-likeness (QED) is 0.312. The Labute approximate surface area is 208 Å². The molecule has 2 N–H and O–H groups in total. The van der Waals surface area contributed by atoms with E-state index >= 15 is 0 Å². The van der Waals surface area contributed by atoms with E-state index in [0.29, 0.717) is 40.8 Å². The summed E-state index contributed by atoms with van der Waals surface area (Å²) in [7, 11) is 1.58. The highest BCUT2D eigenvalue weighted by Crippen LogP contribution is 2.18. The maximum absolute atomic E-state index is 12.3. The molecule has 0 aliphatic carbocycles. The third-order valence-corrected chi connectivity index (χ3v) is 6.22. The molecule has 4 aromatic rings. The number of nitrogens with one attached hydrogen (secondary N) is 2. The Kier molecular flexibility index (Phi) is 7.76. The van der Waals surface area contributed by atoms with E-state index in [4.69, 9.17) is 4.74 Å². The summed E-state index contributed by atoms with van der Waals surface area (Å²) in [6.45, 7) is 0.375. The SMILES string of the molecule is COc1ccc(C(=O)NCCc2nnc3ccc(SCC(=O)Nc4ccc(Br)cc4)nn23)cc1. The molecule has 0 saturated carbocycles. The normalized spacial score (nSPS) is 10.8. The molecule has 34 heavy (non-hydrogen) atoms. The monoisotopic (exact) mass is 540 g/mol. The number of carbonyl (C=O) groups is 2. The van der Waals surface area contributed by atoms with Crippen LogP contribution in [0.5, 0.6) is 5.75 Å². The van der Waals surface area contributed by atoms with Gasteiger partial charge in [-0.05, 0) is 60.7 Å². The summed E-state index contributed by atoms with van der Waals surface area (Å²) >= 11 is 4.69. The highest BCUT2D eigenvalue weighted by Gasteiger charge is 2.11. The molecule has 4 rings (SSSR count).